The Hall–Kier alpha value is -2.58. The first-order valence-corrected chi connectivity index (χ1v) is 9.35. The van der Waals surface area contributed by atoms with Crippen LogP contribution in [0.1, 0.15) is 23.8 Å². The predicted molar refractivity (Wildman–Crippen MR) is 97.6 cm³/mol. The van der Waals surface area contributed by atoms with Gasteiger partial charge in [0.25, 0.3) is 0 Å². The summed E-state index contributed by atoms with van der Waals surface area (Å²) < 4.78 is 10.5. The molecule has 1 aromatic carbocycles. The number of carbonyl (C=O) groups is 2. The molecule has 0 spiro atoms. The van der Waals surface area contributed by atoms with Gasteiger partial charge in [0.05, 0.1) is 6.54 Å². The number of likely N-dealkylation sites (tertiary alicyclic amines) is 1. The quantitative estimate of drug-likeness (QED) is 0.861. The fourth-order valence-corrected chi connectivity index (χ4v) is 4.20. The van der Waals surface area contributed by atoms with Gasteiger partial charge in [-0.25, -0.2) is 4.79 Å². The third-order valence-electron chi connectivity index (χ3n) is 4.47. The van der Waals surface area contributed by atoms with Crippen molar-refractivity contribution < 1.29 is 19.1 Å². The summed E-state index contributed by atoms with van der Waals surface area (Å²) in [5.41, 5.74) is 0.539. The summed E-state index contributed by atoms with van der Waals surface area (Å²) in [6.45, 7) is 1.24. The summed E-state index contributed by atoms with van der Waals surface area (Å²) in [6, 6.07) is 8.91. The molecule has 0 saturated carbocycles. The van der Waals surface area contributed by atoms with Crippen molar-refractivity contribution in [1.82, 2.24) is 10.2 Å². The highest BCUT2D eigenvalue weighted by molar-refractivity contribution is 7.10. The summed E-state index contributed by atoms with van der Waals surface area (Å²) in [7, 11) is 0. The van der Waals surface area contributed by atoms with E-state index in [4.69, 9.17) is 9.47 Å². The fraction of sp³-hybridized carbons (Fsp3) is 0.333. The van der Waals surface area contributed by atoms with Gasteiger partial charge in [-0.15, -0.1) is 11.3 Å². The minimum Gasteiger partial charge on any atom is -0.454 e. The molecule has 136 valence electrons. The van der Waals surface area contributed by atoms with Crippen LogP contribution in [-0.2, 0) is 4.79 Å². The Balaban J connectivity index is 1.31. The summed E-state index contributed by atoms with van der Waals surface area (Å²) in [6.07, 6.45) is 2.09. The van der Waals surface area contributed by atoms with Crippen LogP contribution in [0, 0.1) is 0 Å². The maximum Gasteiger partial charge on any atom is 0.325 e. The van der Waals surface area contributed by atoms with Crippen LogP contribution in [0.4, 0.5) is 10.5 Å². The number of benzene rings is 1. The minimum atomic E-state index is -0.555. The molecule has 1 saturated heterocycles. The van der Waals surface area contributed by atoms with E-state index in [9.17, 15) is 9.59 Å². The van der Waals surface area contributed by atoms with Crippen LogP contribution >= 0.6 is 11.3 Å². The molecule has 1 fully saturated rings. The highest BCUT2D eigenvalue weighted by Crippen LogP contribution is 2.35. The molecular formula is C18H19N3O4S. The Bertz CT molecular complexity index is 809. The molecule has 2 aliphatic heterocycles. The van der Waals surface area contributed by atoms with Gasteiger partial charge in [-0.05, 0) is 43.0 Å². The number of hydrogen-bond acceptors (Lipinski definition) is 6. The van der Waals surface area contributed by atoms with Crippen molar-refractivity contribution in [1.29, 1.82) is 0 Å². The number of carbonyl (C=O) groups excluding carboxylic acids is 2. The van der Waals surface area contributed by atoms with Gasteiger partial charge in [-0.2, -0.15) is 0 Å². The number of amides is 3. The Morgan fingerprint density at radius 1 is 1.23 bits per heavy atom. The molecule has 3 heterocycles. The normalized spacial score (nSPS) is 18.7. The number of nitrogens with one attached hydrogen (secondary N) is 2. The maximum absolute atomic E-state index is 12.2. The average Bonchev–Trinajstić information content (AvgIpc) is 3.35. The van der Waals surface area contributed by atoms with Gasteiger partial charge in [-0.1, -0.05) is 6.07 Å². The number of fused-ring (bicyclic) bond motifs is 1. The van der Waals surface area contributed by atoms with Gasteiger partial charge < -0.3 is 14.8 Å². The lowest BCUT2D eigenvalue weighted by Gasteiger charge is -2.22. The van der Waals surface area contributed by atoms with Crippen molar-refractivity contribution in [3.63, 3.8) is 0 Å². The first-order valence-electron chi connectivity index (χ1n) is 8.47. The molecule has 0 aliphatic carbocycles. The van der Waals surface area contributed by atoms with E-state index in [1.807, 2.05) is 11.4 Å². The van der Waals surface area contributed by atoms with Crippen LogP contribution < -0.4 is 20.1 Å². The molecule has 8 heteroatoms. The number of urea groups is 1. The molecule has 2 aliphatic rings. The second-order valence-corrected chi connectivity index (χ2v) is 7.19. The van der Waals surface area contributed by atoms with E-state index in [0.29, 0.717) is 17.2 Å². The lowest BCUT2D eigenvalue weighted by atomic mass is 10.2. The molecule has 1 aromatic heterocycles. The first kappa shape index (κ1) is 16.9. The summed E-state index contributed by atoms with van der Waals surface area (Å²) in [4.78, 5) is 27.7. The van der Waals surface area contributed by atoms with E-state index < -0.39 is 6.03 Å². The fourth-order valence-electron chi connectivity index (χ4n) is 3.31. The van der Waals surface area contributed by atoms with E-state index in [1.165, 1.54) is 4.88 Å². The number of anilines is 1. The smallest absolute Gasteiger partial charge is 0.325 e. The number of nitrogens with zero attached hydrogens (tertiary/aromatic N) is 1. The van der Waals surface area contributed by atoms with Crippen LogP contribution in [0.5, 0.6) is 11.5 Å². The summed E-state index contributed by atoms with van der Waals surface area (Å²) in [5.74, 6) is 0.900. The minimum absolute atomic E-state index is 0.171. The molecule has 26 heavy (non-hydrogen) atoms. The molecule has 0 unspecified atom stereocenters. The molecule has 0 bridgehead atoms. The maximum atomic E-state index is 12.2. The van der Waals surface area contributed by atoms with Gasteiger partial charge >= 0.3 is 6.03 Å². The van der Waals surface area contributed by atoms with Gasteiger partial charge in [-0.3, -0.25) is 15.0 Å². The van der Waals surface area contributed by atoms with Crippen LogP contribution in [-0.4, -0.2) is 36.7 Å². The summed E-state index contributed by atoms with van der Waals surface area (Å²) in [5, 5.41) is 7.08. The predicted octanol–water partition coefficient (Wildman–Crippen LogP) is 2.96. The summed E-state index contributed by atoms with van der Waals surface area (Å²) >= 11 is 1.70. The van der Waals surface area contributed by atoms with E-state index in [2.05, 4.69) is 21.6 Å². The molecule has 4 rings (SSSR count). The topological polar surface area (TPSA) is 79.9 Å². The zero-order chi connectivity index (χ0) is 17.9. The largest absolute Gasteiger partial charge is 0.454 e. The molecule has 3 amide bonds. The number of ether oxygens (including phenoxy) is 2. The second-order valence-electron chi connectivity index (χ2n) is 6.21. The van der Waals surface area contributed by atoms with Crippen molar-refractivity contribution in [3.05, 3.63) is 40.6 Å². The van der Waals surface area contributed by atoms with Crippen LogP contribution in [0.2, 0.25) is 0 Å². The Morgan fingerprint density at radius 2 is 2.12 bits per heavy atom. The van der Waals surface area contributed by atoms with E-state index in [0.717, 1.165) is 19.4 Å². The van der Waals surface area contributed by atoms with Crippen molar-refractivity contribution >= 4 is 29.0 Å². The zero-order valence-corrected chi connectivity index (χ0v) is 14.9. The molecule has 7 nitrogen and oxygen atoms in total. The second kappa shape index (κ2) is 7.35. The molecular weight excluding hydrogens is 354 g/mol. The zero-order valence-electron chi connectivity index (χ0n) is 14.1. The van der Waals surface area contributed by atoms with Gasteiger partial charge in [0.1, 0.15) is 0 Å². The van der Waals surface area contributed by atoms with Crippen molar-refractivity contribution in [2.24, 2.45) is 0 Å². The molecule has 0 radical (unpaired) electrons. The van der Waals surface area contributed by atoms with Gasteiger partial charge in [0.15, 0.2) is 11.5 Å². The lowest BCUT2D eigenvalue weighted by Crippen LogP contribution is -2.41. The van der Waals surface area contributed by atoms with Crippen molar-refractivity contribution in [3.8, 4) is 11.5 Å². The van der Waals surface area contributed by atoms with E-state index in [1.54, 1.807) is 29.5 Å². The van der Waals surface area contributed by atoms with E-state index in [-0.39, 0.29) is 25.3 Å². The van der Waals surface area contributed by atoms with Crippen molar-refractivity contribution in [2.75, 3.05) is 25.2 Å². The third-order valence-corrected chi connectivity index (χ3v) is 5.44. The molecule has 1 atom stereocenters. The monoisotopic (exact) mass is 373 g/mol. The van der Waals surface area contributed by atoms with Crippen LogP contribution in [0.3, 0.4) is 0 Å². The number of rotatable bonds is 4. The number of imide groups is 1. The lowest BCUT2D eigenvalue weighted by molar-refractivity contribution is -0.121. The van der Waals surface area contributed by atoms with Gasteiger partial charge in [0, 0.05) is 22.7 Å². The highest BCUT2D eigenvalue weighted by Gasteiger charge is 2.28. The van der Waals surface area contributed by atoms with Gasteiger partial charge in [0.2, 0.25) is 12.7 Å². The number of thiophene rings is 1. The van der Waals surface area contributed by atoms with E-state index >= 15 is 0 Å². The Kier molecular flexibility index (Phi) is 4.77. The first-order chi connectivity index (χ1) is 12.7. The molecule has 2 N–H and O–H groups in total. The SMILES string of the molecule is O=C(CN1CCC[C@H]1c1cccs1)NC(=O)Nc1ccc2c(c1)OCO2. The van der Waals surface area contributed by atoms with Crippen LogP contribution in [0.25, 0.3) is 0 Å². The Labute approximate surface area is 154 Å². The average molecular weight is 373 g/mol. The molecule has 2 aromatic rings. The standard InChI is InChI=1S/C18H19N3O4S/c22-17(10-21-7-1-3-13(21)16-4-2-8-26-16)20-18(23)19-12-5-6-14-15(9-12)25-11-24-14/h2,4-6,8-9,13H,1,3,7,10-11H2,(H2,19,20,22,23)/t13-/m0/s1. The van der Waals surface area contributed by atoms with Crippen LogP contribution in [0.15, 0.2) is 35.7 Å². The highest BCUT2D eigenvalue weighted by atomic mass is 32.1. The number of hydrogen-bond donors (Lipinski definition) is 2. The Morgan fingerprint density at radius 3 is 2.96 bits per heavy atom. The third kappa shape index (κ3) is 3.66. The van der Waals surface area contributed by atoms with Crippen molar-refractivity contribution in [2.45, 2.75) is 18.9 Å².